The van der Waals surface area contributed by atoms with E-state index in [9.17, 15) is 24.3 Å². The highest BCUT2D eigenvalue weighted by atomic mass is 35.5. The minimum atomic E-state index is -0.969. The Morgan fingerprint density at radius 3 is 2.26 bits per heavy atom. The molecule has 6 aromatic rings. The molecular formula is C54H60ClN9O7S. The van der Waals surface area contributed by atoms with Crippen LogP contribution in [-0.2, 0) is 25.6 Å². The zero-order valence-corrected chi connectivity index (χ0v) is 43.2. The number of likely N-dealkylation sites (tertiary alicyclic amines) is 1. The predicted octanol–water partition coefficient (Wildman–Crippen LogP) is 7.79. The Balaban J connectivity index is 0.768. The fourth-order valence-corrected chi connectivity index (χ4v) is 11.0. The third kappa shape index (κ3) is 10.6. The number of hydrogen-bond acceptors (Lipinski definition) is 12. The number of carbonyl (C=O) groups is 4. The Morgan fingerprint density at radius 2 is 1.60 bits per heavy atom. The van der Waals surface area contributed by atoms with Crippen LogP contribution in [0.2, 0.25) is 5.02 Å². The van der Waals surface area contributed by atoms with E-state index in [2.05, 4.69) is 45.0 Å². The minimum Gasteiger partial charge on any atom is -0.490 e. The van der Waals surface area contributed by atoms with Crippen molar-refractivity contribution in [1.29, 1.82) is 0 Å². The highest BCUT2D eigenvalue weighted by molar-refractivity contribution is 7.15. The molecule has 1 saturated heterocycles. The number of aliphatic hydroxyl groups excluding tert-OH is 1. The molecule has 0 unspecified atom stereocenters. The number of rotatable bonds is 14. The summed E-state index contributed by atoms with van der Waals surface area (Å²) in [6.45, 7) is 15.4. The quantitative estimate of drug-likeness (QED) is 0.0833. The lowest BCUT2D eigenvalue weighted by Crippen LogP contribution is -2.58. The Morgan fingerprint density at radius 1 is 0.903 bits per heavy atom. The van der Waals surface area contributed by atoms with Crippen molar-refractivity contribution in [3.05, 3.63) is 134 Å². The zero-order chi connectivity index (χ0) is 51.2. The lowest BCUT2D eigenvalue weighted by atomic mass is 9.85. The molecule has 0 bridgehead atoms. The van der Waals surface area contributed by atoms with Crippen molar-refractivity contribution in [2.45, 2.75) is 130 Å². The van der Waals surface area contributed by atoms with E-state index in [0.29, 0.717) is 35.2 Å². The number of benzene rings is 3. The van der Waals surface area contributed by atoms with Crippen LogP contribution in [0.3, 0.4) is 0 Å². The number of nitrogens with one attached hydrogen (secondary N) is 3. The van der Waals surface area contributed by atoms with Crippen LogP contribution in [0.5, 0.6) is 5.75 Å². The average Bonchev–Trinajstić information content (AvgIpc) is 4.10. The Kier molecular flexibility index (Phi) is 14.3. The molecule has 4 N–H and O–H groups in total. The second kappa shape index (κ2) is 20.4. The van der Waals surface area contributed by atoms with Crippen molar-refractivity contribution in [3.8, 4) is 22.1 Å². The van der Waals surface area contributed by atoms with Gasteiger partial charge in [0.15, 0.2) is 18.0 Å². The molecule has 1 saturated carbocycles. The fraction of sp³-hybridized carbons (Fsp3) is 0.407. The van der Waals surface area contributed by atoms with Gasteiger partial charge in [0.05, 0.1) is 36.4 Å². The molecule has 376 valence electrons. The van der Waals surface area contributed by atoms with E-state index < -0.39 is 35.6 Å². The molecule has 1 aliphatic carbocycles. The van der Waals surface area contributed by atoms with Crippen molar-refractivity contribution in [3.63, 3.8) is 0 Å². The first-order valence-electron chi connectivity index (χ1n) is 24.3. The van der Waals surface area contributed by atoms with Gasteiger partial charge >= 0.3 is 0 Å². The Labute approximate surface area is 427 Å². The van der Waals surface area contributed by atoms with Crippen LogP contribution in [0.15, 0.2) is 88.6 Å². The number of β-amino-alcohol motifs (C(OH)–C–C–N with tert-alkyl or cyclic N) is 1. The summed E-state index contributed by atoms with van der Waals surface area (Å²) in [7, 11) is 0. The maximum atomic E-state index is 14.3. The van der Waals surface area contributed by atoms with E-state index in [1.165, 1.54) is 16.2 Å². The highest BCUT2D eigenvalue weighted by Crippen LogP contribution is 2.40. The second-order valence-corrected chi connectivity index (χ2v) is 21.9. The number of hydrogen-bond donors (Lipinski definition) is 4. The van der Waals surface area contributed by atoms with Gasteiger partial charge in [-0.3, -0.25) is 28.7 Å². The summed E-state index contributed by atoms with van der Waals surface area (Å²) >= 11 is 7.93. The van der Waals surface area contributed by atoms with Gasteiger partial charge in [0.2, 0.25) is 23.6 Å². The molecule has 18 heteroatoms. The average molecular weight is 1010 g/mol. The van der Waals surface area contributed by atoms with Crippen LogP contribution >= 0.6 is 22.9 Å². The molecule has 4 amide bonds. The van der Waals surface area contributed by atoms with Gasteiger partial charge in [0.1, 0.15) is 40.8 Å². The first kappa shape index (κ1) is 50.3. The third-order valence-corrected chi connectivity index (χ3v) is 15.3. The van der Waals surface area contributed by atoms with Crippen LogP contribution in [0.4, 0.5) is 0 Å². The summed E-state index contributed by atoms with van der Waals surface area (Å²) in [4.78, 5) is 67.2. The van der Waals surface area contributed by atoms with Crippen molar-refractivity contribution >= 4 is 52.3 Å². The van der Waals surface area contributed by atoms with Crippen LogP contribution in [0.25, 0.3) is 16.3 Å². The van der Waals surface area contributed by atoms with E-state index in [1.807, 2.05) is 119 Å². The molecule has 5 heterocycles. The molecule has 2 fully saturated rings. The largest absolute Gasteiger partial charge is 0.490 e. The molecule has 2 aliphatic heterocycles. The van der Waals surface area contributed by atoms with Gasteiger partial charge in [-0.2, -0.15) is 0 Å². The maximum Gasteiger partial charge on any atom is 0.246 e. The molecule has 9 rings (SSSR count). The lowest BCUT2D eigenvalue weighted by Gasteiger charge is -2.36. The highest BCUT2D eigenvalue weighted by Gasteiger charge is 2.45. The third-order valence-electron chi connectivity index (χ3n) is 13.8. The van der Waals surface area contributed by atoms with Gasteiger partial charge in [0.25, 0.3) is 0 Å². The van der Waals surface area contributed by atoms with Gasteiger partial charge in [-0.15, -0.1) is 21.5 Å². The fourth-order valence-electron chi connectivity index (χ4n) is 9.67. The molecule has 3 aliphatic rings. The number of fused-ring (bicyclic) bond motifs is 3. The number of ether oxygens (including phenoxy) is 1. The van der Waals surface area contributed by atoms with Crippen molar-refractivity contribution in [2.24, 2.45) is 10.4 Å². The van der Waals surface area contributed by atoms with Gasteiger partial charge in [-0.25, -0.2) is 4.98 Å². The van der Waals surface area contributed by atoms with E-state index in [0.717, 1.165) is 55.6 Å². The Bertz CT molecular complexity index is 3020. The first-order chi connectivity index (χ1) is 34.3. The van der Waals surface area contributed by atoms with Gasteiger partial charge in [-0.05, 0) is 81.0 Å². The maximum absolute atomic E-state index is 14.3. The molecule has 3 aromatic heterocycles. The summed E-state index contributed by atoms with van der Waals surface area (Å²) in [6.07, 6.45) is 1.82. The molecule has 16 nitrogen and oxygen atoms in total. The standard InChI is InChI=1S/C54H60ClN9O7S/c1-28-31(4)72-53-46(28)47(35-15-17-37(55)18-16-35)59-42(50-62-61-32(5)64(50)53)25-45(67)58-38-22-41(23-38)71-40-19-9-33(10-20-40)21-44(66)60-49(54(6,7)8)52(69)63-26-39(65)24-43(63)51(68)57-29(2)34-11-13-36(14-12-34)48-30(3)56-27-70-48/h9-20,27,29,38-39,41-43,49,65H,21-26H2,1-8H3,(H,57,68)(H,58,67)(H,60,66)/t29-,38-,39+,41-,42-,43-,49+/m0/s1. The molecule has 0 spiro atoms. The smallest absolute Gasteiger partial charge is 0.246 e. The number of aliphatic imine (C=N–C) groups is 1. The summed E-state index contributed by atoms with van der Waals surface area (Å²) in [6, 6.07) is 19.5. The van der Waals surface area contributed by atoms with Crippen LogP contribution in [-0.4, -0.2) is 96.0 Å². The topological polar surface area (TPSA) is 206 Å². The van der Waals surface area contributed by atoms with Crippen molar-refractivity contribution in [2.75, 3.05) is 6.54 Å². The number of amides is 4. The van der Waals surface area contributed by atoms with E-state index in [1.54, 1.807) is 11.3 Å². The van der Waals surface area contributed by atoms with Crippen LogP contribution in [0, 0.1) is 33.1 Å². The first-order valence-corrected chi connectivity index (χ1v) is 25.5. The number of aliphatic hydroxyl groups is 1. The van der Waals surface area contributed by atoms with Crippen LogP contribution < -0.4 is 20.7 Å². The molecule has 3 aromatic carbocycles. The molecule has 0 radical (unpaired) electrons. The van der Waals surface area contributed by atoms with Gasteiger partial charge in [0, 0.05) is 58.4 Å². The number of thiophene rings is 1. The lowest BCUT2D eigenvalue weighted by molar-refractivity contribution is -0.144. The summed E-state index contributed by atoms with van der Waals surface area (Å²) < 4.78 is 13.8. The van der Waals surface area contributed by atoms with Crippen LogP contribution in [0.1, 0.15) is 115 Å². The number of nitrogens with zero attached hydrogens (tertiary/aromatic N) is 6. The molecule has 5 atom stereocenters. The number of aryl methyl sites for hydroxylation is 3. The van der Waals surface area contributed by atoms with E-state index in [4.69, 9.17) is 25.7 Å². The molecular weight excluding hydrogens is 954 g/mol. The van der Waals surface area contributed by atoms with E-state index in [-0.39, 0.29) is 61.7 Å². The molecule has 72 heavy (non-hydrogen) atoms. The summed E-state index contributed by atoms with van der Waals surface area (Å²) in [5.74, 6) is 1.33. The number of aromatic nitrogens is 4. The zero-order valence-electron chi connectivity index (χ0n) is 41.7. The van der Waals surface area contributed by atoms with Crippen molar-refractivity contribution in [1.82, 2.24) is 40.6 Å². The van der Waals surface area contributed by atoms with E-state index >= 15 is 0 Å². The number of carbonyl (C=O) groups excluding carboxylic acids is 4. The van der Waals surface area contributed by atoms with Crippen molar-refractivity contribution < 1.29 is 33.4 Å². The SMILES string of the molecule is Cc1ncoc1-c1ccc([C@H](C)NC(=O)[C@@H]2C[C@@H](O)CN2C(=O)[C@@H](NC(=O)Cc2ccc(O[C@H]3C[C@H](NC(=O)C[C@@H]4N=C(c5ccc(Cl)cc5)c5c(sc(C)c5C)-n5c(C)nnc54)C3)cc2)C(C)(C)C)cc1. The monoisotopic (exact) mass is 1010 g/mol. The van der Waals surface area contributed by atoms with Gasteiger partial charge in [-0.1, -0.05) is 80.9 Å². The summed E-state index contributed by atoms with van der Waals surface area (Å²) in [5.41, 5.74) is 6.32. The minimum absolute atomic E-state index is 0.00605. The summed E-state index contributed by atoms with van der Waals surface area (Å²) in [5, 5.41) is 30.4. The second-order valence-electron chi connectivity index (χ2n) is 20.3. The number of oxazole rings is 1. The number of halogens is 1. The normalized spacial score (nSPS) is 20.3. The predicted molar refractivity (Wildman–Crippen MR) is 274 cm³/mol. The Hall–Kier alpha value is -6.69. The van der Waals surface area contributed by atoms with Gasteiger partial charge < -0.3 is 35.1 Å².